The molecule has 1 heterocycles. The number of nitrogens with zero attached hydrogens (tertiary/aromatic N) is 1. The fraction of sp³-hybridized carbons (Fsp3) is 0.238. The van der Waals surface area contributed by atoms with Crippen molar-refractivity contribution in [3.8, 4) is 0 Å². The minimum Gasteiger partial charge on any atom is -0.445 e. The number of alkyl carbamates (subject to hydrolysis) is 1. The Kier molecular flexibility index (Phi) is 6.61. The first-order valence-electron chi connectivity index (χ1n) is 10.3. The lowest BCUT2D eigenvalue weighted by Crippen LogP contribution is -2.53. The van der Waals surface area contributed by atoms with Crippen molar-refractivity contribution in [2.45, 2.75) is 25.5 Å². The molecule has 1 saturated heterocycles. The summed E-state index contributed by atoms with van der Waals surface area (Å²) in [5.74, 6) is -0.846. The summed E-state index contributed by atoms with van der Waals surface area (Å²) in [4.78, 5) is 25.2. The van der Waals surface area contributed by atoms with E-state index in [0.717, 1.165) is 27.1 Å². The highest BCUT2D eigenvalue weighted by molar-refractivity contribution is 7.90. The standard InChI is InChI=1S/C21H23N4O7PS/c22-33(28,24-34(29,30)31)25-11-5-10-19(20(25)26)23-21(27)32-13-18-16-8-3-1-6-14(16)12-15-7-2-4-9-17(15)18/h1-4,6-9,12,19H,5,10-11,13H2,(H,23,27)(H3,22,24,28)(H,29,30,31)/t19-,33+/m1/s1. The fourth-order valence-corrected chi connectivity index (χ4v) is 6.67. The average molecular weight is 506 g/mol. The van der Waals surface area contributed by atoms with Gasteiger partial charge in [-0.15, -0.1) is 4.49 Å². The summed E-state index contributed by atoms with van der Waals surface area (Å²) in [6.45, 7) is -0.164. The number of hydrogen-bond acceptors (Lipinski definition) is 6. The van der Waals surface area contributed by atoms with Crippen LogP contribution in [0.4, 0.5) is 4.79 Å². The molecule has 1 aliphatic heterocycles. The number of piperidine rings is 1. The molecular weight excluding hydrogens is 483 g/mol. The van der Waals surface area contributed by atoms with Gasteiger partial charge in [-0.25, -0.2) is 4.79 Å². The number of nitrogens with two attached hydrogens (primary N) is 1. The van der Waals surface area contributed by atoms with Crippen LogP contribution in [0.1, 0.15) is 18.4 Å². The first kappa shape index (κ1) is 24.1. The third kappa shape index (κ3) is 5.21. The molecule has 0 saturated carbocycles. The van der Waals surface area contributed by atoms with Crippen molar-refractivity contribution in [1.29, 1.82) is 0 Å². The van der Waals surface area contributed by atoms with Gasteiger partial charge in [0, 0.05) is 12.1 Å². The van der Waals surface area contributed by atoms with E-state index in [1.54, 1.807) is 0 Å². The number of nitrogens with one attached hydrogen (secondary N) is 2. The molecule has 0 bridgehead atoms. The molecule has 1 aliphatic rings. The molecular formula is C21H23N4O7PS. The van der Waals surface area contributed by atoms with Gasteiger partial charge < -0.3 is 10.1 Å². The SMILES string of the molecule is N[P@](=O)(NS(=O)(=O)O)N1CCC[C@@H](NC(=O)OCc2c3ccccc3cc3ccccc23)C1=O. The molecule has 0 spiro atoms. The fourth-order valence-electron chi connectivity index (χ4n) is 4.09. The number of hydrogen-bond donors (Lipinski definition) is 4. The summed E-state index contributed by atoms with van der Waals surface area (Å²) in [6, 6.07) is 16.3. The minimum atomic E-state index is -4.91. The number of rotatable bonds is 6. The smallest absolute Gasteiger partial charge is 0.408 e. The maximum absolute atomic E-state index is 12.7. The summed E-state index contributed by atoms with van der Waals surface area (Å²) in [5.41, 5.74) is 6.28. The monoisotopic (exact) mass is 506 g/mol. The van der Waals surface area contributed by atoms with Crippen molar-refractivity contribution in [1.82, 2.24) is 14.5 Å². The highest BCUT2D eigenvalue weighted by Crippen LogP contribution is 2.40. The van der Waals surface area contributed by atoms with Gasteiger partial charge in [0.05, 0.1) is 0 Å². The molecule has 0 aliphatic carbocycles. The molecule has 13 heteroatoms. The molecule has 5 N–H and O–H groups in total. The summed E-state index contributed by atoms with van der Waals surface area (Å²) >= 11 is 0. The summed E-state index contributed by atoms with van der Waals surface area (Å²) in [7, 11) is -9.36. The van der Waals surface area contributed by atoms with E-state index >= 15 is 0 Å². The van der Waals surface area contributed by atoms with Crippen LogP contribution >= 0.6 is 7.59 Å². The molecule has 4 rings (SSSR count). The largest absolute Gasteiger partial charge is 0.445 e. The van der Waals surface area contributed by atoms with E-state index in [1.807, 2.05) is 48.5 Å². The third-order valence-electron chi connectivity index (χ3n) is 5.54. The Morgan fingerprint density at radius 1 is 1.15 bits per heavy atom. The lowest BCUT2D eigenvalue weighted by atomic mass is 9.97. The van der Waals surface area contributed by atoms with Crippen LogP contribution in [0.5, 0.6) is 0 Å². The van der Waals surface area contributed by atoms with Gasteiger partial charge in [-0.2, -0.15) is 8.42 Å². The van der Waals surface area contributed by atoms with Crippen LogP contribution in [0.3, 0.4) is 0 Å². The van der Waals surface area contributed by atoms with Gasteiger partial charge in [-0.3, -0.25) is 24.1 Å². The maximum atomic E-state index is 12.7. The van der Waals surface area contributed by atoms with Crippen LogP contribution in [-0.2, 0) is 31.0 Å². The second-order valence-corrected chi connectivity index (χ2v) is 11.3. The normalized spacial score (nSPS) is 18.6. The van der Waals surface area contributed by atoms with Gasteiger partial charge in [0.1, 0.15) is 12.6 Å². The number of benzene rings is 3. The Hall–Kier alpha value is -3.02. The highest BCUT2D eigenvalue weighted by atomic mass is 32.2. The van der Waals surface area contributed by atoms with Crippen molar-refractivity contribution >= 4 is 51.4 Å². The Balaban J connectivity index is 1.49. The lowest BCUT2D eigenvalue weighted by molar-refractivity contribution is -0.130. The number of fused-ring (bicyclic) bond motifs is 2. The molecule has 2 atom stereocenters. The van der Waals surface area contributed by atoms with Crippen molar-refractivity contribution < 1.29 is 31.9 Å². The number of carbonyl (C=O) groups is 2. The molecule has 11 nitrogen and oxygen atoms in total. The zero-order chi connectivity index (χ0) is 24.5. The molecule has 2 amide bonds. The maximum Gasteiger partial charge on any atom is 0.408 e. The van der Waals surface area contributed by atoms with E-state index in [0.29, 0.717) is 11.1 Å². The zero-order valence-electron chi connectivity index (χ0n) is 17.9. The molecule has 180 valence electrons. The topological polar surface area (TPSA) is 168 Å². The molecule has 0 radical (unpaired) electrons. The Morgan fingerprint density at radius 3 is 2.32 bits per heavy atom. The Labute approximate surface area is 195 Å². The van der Waals surface area contributed by atoms with E-state index in [2.05, 4.69) is 11.4 Å². The van der Waals surface area contributed by atoms with E-state index < -0.39 is 35.9 Å². The summed E-state index contributed by atoms with van der Waals surface area (Å²) in [5, 5.41) is 6.26. The predicted molar refractivity (Wildman–Crippen MR) is 126 cm³/mol. The van der Waals surface area contributed by atoms with E-state index in [1.165, 1.54) is 4.49 Å². The van der Waals surface area contributed by atoms with Gasteiger partial charge in [0.2, 0.25) is 0 Å². The van der Waals surface area contributed by atoms with Crippen molar-refractivity contribution in [3.63, 3.8) is 0 Å². The van der Waals surface area contributed by atoms with Gasteiger partial charge in [0.15, 0.2) is 0 Å². The average Bonchev–Trinajstić information content (AvgIpc) is 2.76. The molecule has 1 fully saturated rings. The first-order valence-corrected chi connectivity index (χ1v) is 13.5. The van der Waals surface area contributed by atoms with Crippen LogP contribution in [0, 0.1) is 0 Å². The predicted octanol–water partition coefficient (Wildman–Crippen LogP) is 2.67. The molecule has 0 aromatic heterocycles. The number of carbonyl (C=O) groups excluding carboxylic acids is 2. The molecule has 3 aromatic carbocycles. The van der Waals surface area contributed by atoms with Crippen molar-refractivity contribution in [3.05, 3.63) is 60.2 Å². The summed E-state index contributed by atoms with van der Waals surface area (Å²) in [6.07, 6.45) is -0.362. The number of ether oxygens (including phenoxy) is 1. The zero-order valence-corrected chi connectivity index (χ0v) is 19.6. The van der Waals surface area contributed by atoms with E-state index in [9.17, 15) is 22.6 Å². The minimum absolute atomic E-state index is 0.0575. The van der Waals surface area contributed by atoms with E-state index in [4.69, 9.17) is 14.8 Å². The van der Waals surface area contributed by atoms with E-state index in [-0.39, 0.29) is 19.6 Å². The third-order valence-corrected chi connectivity index (χ3v) is 8.63. The van der Waals surface area contributed by atoms with Crippen LogP contribution in [0.15, 0.2) is 54.6 Å². The second kappa shape index (κ2) is 9.32. The quantitative estimate of drug-likeness (QED) is 0.225. The number of amides is 2. The van der Waals surface area contributed by atoms with Crippen molar-refractivity contribution in [2.24, 2.45) is 5.50 Å². The molecule has 3 aromatic rings. The van der Waals surface area contributed by atoms with Crippen molar-refractivity contribution in [2.75, 3.05) is 6.54 Å². The van der Waals surface area contributed by atoms with Crippen LogP contribution < -0.4 is 15.3 Å². The Morgan fingerprint density at radius 2 is 1.74 bits per heavy atom. The van der Waals surface area contributed by atoms with Crippen LogP contribution in [0.25, 0.3) is 21.5 Å². The van der Waals surface area contributed by atoms with Gasteiger partial charge in [-0.05, 0) is 40.5 Å². The lowest BCUT2D eigenvalue weighted by Gasteiger charge is -2.35. The molecule has 34 heavy (non-hydrogen) atoms. The van der Waals surface area contributed by atoms with Gasteiger partial charge in [0.25, 0.3) is 5.91 Å². The van der Waals surface area contributed by atoms with Crippen LogP contribution in [0.2, 0.25) is 0 Å². The Bertz CT molecular complexity index is 1380. The summed E-state index contributed by atoms with van der Waals surface area (Å²) < 4.78 is 50.8. The second-order valence-electron chi connectivity index (χ2n) is 7.86. The molecule has 0 unspecified atom stereocenters. The van der Waals surface area contributed by atoms with Gasteiger partial charge >= 0.3 is 24.0 Å². The van der Waals surface area contributed by atoms with Gasteiger partial charge in [-0.1, -0.05) is 48.5 Å². The highest BCUT2D eigenvalue weighted by Gasteiger charge is 2.40. The first-order chi connectivity index (χ1) is 16.0. The van der Waals surface area contributed by atoms with Crippen LogP contribution in [-0.4, -0.2) is 42.2 Å².